The van der Waals surface area contributed by atoms with Crippen molar-refractivity contribution in [1.29, 1.82) is 0 Å². The van der Waals surface area contributed by atoms with Crippen molar-refractivity contribution in [2.24, 2.45) is 5.73 Å². The van der Waals surface area contributed by atoms with Crippen molar-refractivity contribution in [1.82, 2.24) is 0 Å². The summed E-state index contributed by atoms with van der Waals surface area (Å²) in [5.74, 6) is 0.417. The zero-order chi connectivity index (χ0) is 12.3. The van der Waals surface area contributed by atoms with Crippen LogP contribution < -0.4 is 10.5 Å². The van der Waals surface area contributed by atoms with Crippen molar-refractivity contribution >= 4 is 0 Å². The lowest BCUT2D eigenvalue weighted by atomic mass is 10.1. The van der Waals surface area contributed by atoms with E-state index in [0.717, 1.165) is 0 Å². The molecule has 0 aliphatic carbocycles. The molecular weight excluding hydrogens is 206 g/mol. The second kappa shape index (κ2) is 4.72. The first-order valence-corrected chi connectivity index (χ1v) is 5.23. The topological polar surface area (TPSA) is 75.7 Å². The van der Waals surface area contributed by atoms with Crippen LogP contribution in [0.25, 0.3) is 0 Å². The van der Waals surface area contributed by atoms with E-state index in [1.807, 2.05) is 20.8 Å². The van der Waals surface area contributed by atoms with E-state index in [2.05, 4.69) is 0 Å². The minimum absolute atomic E-state index is 0.0138. The normalized spacial score (nSPS) is 13.6. The van der Waals surface area contributed by atoms with Gasteiger partial charge < -0.3 is 20.7 Å². The van der Waals surface area contributed by atoms with Crippen LogP contribution in [0.4, 0.5) is 0 Å². The lowest BCUT2D eigenvalue weighted by Crippen LogP contribution is -2.23. The molecule has 16 heavy (non-hydrogen) atoms. The Morgan fingerprint density at radius 1 is 1.38 bits per heavy atom. The van der Waals surface area contributed by atoms with Crippen LogP contribution in [0.15, 0.2) is 18.2 Å². The van der Waals surface area contributed by atoms with Gasteiger partial charge in [-0.2, -0.15) is 0 Å². The van der Waals surface area contributed by atoms with Crippen molar-refractivity contribution in [2.45, 2.75) is 32.5 Å². The van der Waals surface area contributed by atoms with Gasteiger partial charge in [-0.25, -0.2) is 0 Å². The number of phenols is 1. The highest BCUT2D eigenvalue weighted by Gasteiger charge is 2.15. The lowest BCUT2D eigenvalue weighted by Gasteiger charge is -2.22. The van der Waals surface area contributed by atoms with E-state index >= 15 is 0 Å². The summed E-state index contributed by atoms with van der Waals surface area (Å²) < 4.78 is 5.54. The summed E-state index contributed by atoms with van der Waals surface area (Å²) in [4.78, 5) is 0. The molecule has 0 saturated heterocycles. The van der Waals surface area contributed by atoms with Crippen LogP contribution in [0.3, 0.4) is 0 Å². The van der Waals surface area contributed by atoms with Gasteiger partial charge in [-0.1, -0.05) is 6.07 Å². The van der Waals surface area contributed by atoms with Crippen LogP contribution in [0.5, 0.6) is 11.5 Å². The van der Waals surface area contributed by atoms with Gasteiger partial charge in [0.1, 0.15) is 5.60 Å². The van der Waals surface area contributed by atoms with Crippen LogP contribution in [0, 0.1) is 0 Å². The summed E-state index contributed by atoms with van der Waals surface area (Å²) in [5.41, 5.74) is 5.55. The first-order valence-electron chi connectivity index (χ1n) is 5.23. The Balaban J connectivity index is 2.92. The molecule has 4 N–H and O–H groups in total. The number of phenolic OH excluding ortho intramolecular Hbond substituents is 1. The maximum Gasteiger partial charge on any atom is 0.161 e. The molecule has 4 heteroatoms. The molecule has 0 saturated carbocycles. The first-order chi connectivity index (χ1) is 7.33. The van der Waals surface area contributed by atoms with E-state index in [1.54, 1.807) is 12.1 Å². The zero-order valence-corrected chi connectivity index (χ0v) is 9.90. The van der Waals surface area contributed by atoms with Gasteiger partial charge in [0.2, 0.25) is 0 Å². The van der Waals surface area contributed by atoms with Crippen LogP contribution in [0.1, 0.15) is 32.4 Å². The van der Waals surface area contributed by atoms with Gasteiger partial charge in [0.15, 0.2) is 11.5 Å². The highest BCUT2D eigenvalue weighted by molar-refractivity contribution is 5.42. The molecule has 0 amide bonds. The number of aliphatic hydroxyl groups is 1. The SMILES string of the molecule is CC(C)(C)Oc1ccc([C@@H](O)CN)cc1O. The maximum atomic E-state index is 9.72. The summed E-state index contributed by atoms with van der Waals surface area (Å²) in [5, 5.41) is 19.2. The van der Waals surface area contributed by atoms with Crippen molar-refractivity contribution in [3.05, 3.63) is 23.8 Å². The third kappa shape index (κ3) is 3.40. The second-order valence-corrected chi connectivity index (χ2v) is 4.69. The molecule has 0 radical (unpaired) electrons. The quantitative estimate of drug-likeness (QED) is 0.729. The molecule has 1 rings (SSSR count). The molecule has 0 spiro atoms. The van der Waals surface area contributed by atoms with Crippen molar-refractivity contribution in [3.8, 4) is 11.5 Å². The van der Waals surface area contributed by atoms with Gasteiger partial charge in [0.05, 0.1) is 6.10 Å². The maximum absolute atomic E-state index is 9.72. The van der Waals surface area contributed by atoms with Crippen molar-refractivity contribution in [2.75, 3.05) is 6.54 Å². The predicted molar refractivity (Wildman–Crippen MR) is 62.5 cm³/mol. The van der Waals surface area contributed by atoms with E-state index in [0.29, 0.717) is 11.3 Å². The van der Waals surface area contributed by atoms with Crippen molar-refractivity contribution < 1.29 is 14.9 Å². The number of benzene rings is 1. The van der Waals surface area contributed by atoms with Gasteiger partial charge in [-0.05, 0) is 38.5 Å². The smallest absolute Gasteiger partial charge is 0.161 e. The summed E-state index contributed by atoms with van der Waals surface area (Å²) in [7, 11) is 0. The number of rotatable bonds is 3. The van der Waals surface area contributed by atoms with Gasteiger partial charge in [-0.3, -0.25) is 0 Å². The second-order valence-electron chi connectivity index (χ2n) is 4.69. The number of hydrogen-bond donors (Lipinski definition) is 3. The van der Waals surface area contributed by atoms with E-state index in [9.17, 15) is 10.2 Å². The number of ether oxygens (including phenoxy) is 1. The molecule has 0 heterocycles. The fraction of sp³-hybridized carbons (Fsp3) is 0.500. The fourth-order valence-electron chi connectivity index (χ4n) is 1.29. The minimum Gasteiger partial charge on any atom is -0.504 e. The van der Waals surface area contributed by atoms with Crippen molar-refractivity contribution in [3.63, 3.8) is 0 Å². The largest absolute Gasteiger partial charge is 0.504 e. The molecule has 90 valence electrons. The van der Waals surface area contributed by atoms with Crippen LogP contribution in [-0.2, 0) is 0 Å². The van der Waals surface area contributed by atoms with E-state index in [4.69, 9.17) is 10.5 Å². The van der Waals surface area contributed by atoms with Gasteiger partial charge in [0, 0.05) is 6.54 Å². The summed E-state index contributed by atoms with van der Waals surface area (Å²) in [6, 6.07) is 4.80. The van der Waals surface area contributed by atoms with Gasteiger partial charge in [0.25, 0.3) is 0 Å². The standard InChI is InChI=1S/C12H19NO3/c1-12(2,3)16-11-5-4-8(6-9(11)14)10(15)7-13/h4-6,10,14-15H,7,13H2,1-3H3/t10-/m0/s1. The Morgan fingerprint density at radius 3 is 2.44 bits per heavy atom. The number of aromatic hydroxyl groups is 1. The number of hydrogen-bond acceptors (Lipinski definition) is 4. The molecule has 4 nitrogen and oxygen atoms in total. The Labute approximate surface area is 95.7 Å². The Bertz CT molecular complexity index is 358. The predicted octanol–water partition coefficient (Wildman–Crippen LogP) is 1.56. The molecular formula is C12H19NO3. The molecule has 1 atom stereocenters. The molecule has 1 aromatic rings. The number of nitrogens with two attached hydrogens (primary N) is 1. The molecule has 0 aliphatic rings. The lowest BCUT2D eigenvalue weighted by molar-refractivity contribution is 0.125. The molecule has 0 bridgehead atoms. The average molecular weight is 225 g/mol. The highest BCUT2D eigenvalue weighted by atomic mass is 16.5. The van der Waals surface area contributed by atoms with Crippen LogP contribution in [-0.4, -0.2) is 22.4 Å². The summed E-state index contributed by atoms with van der Waals surface area (Å²) in [6.07, 6.45) is -0.755. The monoisotopic (exact) mass is 225 g/mol. The number of aliphatic hydroxyl groups excluding tert-OH is 1. The van der Waals surface area contributed by atoms with Gasteiger partial charge in [-0.15, -0.1) is 0 Å². The van der Waals surface area contributed by atoms with E-state index in [-0.39, 0.29) is 17.9 Å². The summed E-state index contributed by atoms with van der Waals surface area (Å²) in [6.45, 7) is 5.82. The van der Waals surface area contributed by atoms with Crippen LogP contribution >= 0.6 is 0 Å². The fourth-order valence-corrected chi connectivity index (χ4v) is 1.29. The Hall–Kier alpha value is -1.26. The van der Waals surface area contributed by atoms with Crippen LogP contribution in [0.2, 0.25) is 0 Å². The third-order valence-corrected chi connectivity index (χ3v) is 2.01. The van der Waals surface area contributed by atoms with E-state index < -0.39 is 6.10 Å². The third-order valence-electron chi connectivity index (χ3n) is 2.01. The summed E-state index contributed by atoms with van der Waals surface area (Å²) >= 11 is 0. The molecule has 1 aromatic carbocycles. The van der Waals surface area contributed by atoms with E-state index in [1.165, 1.54) is 6.07 Å². The highest BCUT2D eigenvalue weighted by Crippen LogP contribution is 2.31. The average Bonchev–Trinajstić information content (AvgIpc) is 2.18. The molecule has 0 aromatic heterocycles. The molecule has 0 fully saturated rings. The molecule has 0 unspecified atom stereocenters. The first kappa shape index (κ1) is 12.8. The molecule has 0 aliphatic heterocycles. The zero-order valence-electron chi connectivity index (χ0n) is 9.90. The van der Waals surface area contributed by atoms with Gasteiger partial charge >= 0.3 is 0 Å². The Kier molecular flexibility index (Phi) is 3.78. The minimum atomic E-state index is -0.755. The Morgan fingerprint density at radius 2 is 2.00 bits per heavy atom.